The van der Waals surface area contributed by atoms with Crippen molar-refractivity contribution in [3.05, 3.63) is 59.1 Å². The highest BCUT2D eigenvalue weighted by Crippen LogP contribution is 2.16. The molecule has 0 radical (unpaired) electrons. The fourth-order valence-corrected chi connectivity index (χ4v) is 2.16. The van der Waals surface area contributed by atoms with Crippen molar-refractivity contribution in [2.75, 3.05) is 10.6 Å². The minimum absolute atomic E-state index is 0.100. The molecule has 0 aliphatic carbocycles. The van der Waals surface area contributed by atoms with Crippen LogP contribution in [0.2, 0.25) is 5.02 Å². The summed E-state index contributed by atoms with van der Waals surface area (Å²) in [6, 6.07) is 14.9. The van der Waals surface area contributed by atoms with Crippen LogP contribution in [0.15, 0.2) is 48.5 Å². The van der Waals surface area contributed by atoms with Crippen LogP contribution in [-0.4, -0.2) is 11.9 Å². The number of aryl methyl sites for hydroxylation is 1. The molecule has 0 saturated heterocycles. The number of benzene rings is 2. The lowest BCUT2D eigenvalue weighted by atomic mass is 10.1. The third kappa shape index (κ3) is 4.50. The number of hydrogen-bond donors (Lipinski definition) is 2. The second-order valence-electron chi connectivity index (χ2n) is 4.92. The first kappa shape index (κ1) is 15.4. The highest BCUT2D eigenvalue weighted by Gasteiger charge is 2.12. The van der Waals surface area contributed by atoms with Gasteiger partial charge in [-0.1, -0.05) is 36.7 Å². The van der Waals surface area contributed by atoms with E-state index in [1.165, 1.54) is 5.56 Å². The molecular weight excluding hydrogens is 284 g/mol. The molecule has 0 fully saturated rings. The zero-order valence-corrected chi connectivity index (χ0v) is 12.9. The molecule has 2 aromatic carbocycles. The molecule has 0 bridgehead atoms. The summed E-state index contributed by atoms with van der Waals surface area (Å²) in [7, 11) is 0. The van der Waals surface area contributed by atoms with Crippen LogP contribution in [0.4, 0.5) is 11.4 Å². The Morgan fingerprint density at radius 1 is 1.14 bits per heavy atom. The van der Waals surface area contributed by atoms with E-state index in [1.54, 1.807) is 18.2 Å². The predicted octanol–water partition coefficient (Wildman–Crippen LogP) is 4.34. The van der Waals surface area contributed by atoms with Crippen LogP contribution in [0.3, 0.4) is 0 Å². The minimum atomic E-state index is -0.337. The topological polar surface area (TPSA) is 41.1 Å². The van der Waals surface area contributed by atoms with Gasteiger partial charge in [-0.3, -0.25) is 4.79 Å². The molecule has 0 unspecified atom stereocenters. The van der Waals surface area contributed by atoms with Crippen molar-refractivity contribution in [1.29, 1.82) is 0 Å². The van der Waals surface area contributed by atoms with E-state index in [2.05, 4.69) is 29.7 Å². The van der Waals surface area contributed by atoms with Gasteiger partial charge in [0.05, 0.1) is 0 Å². The predicted molar refractivity (Wildman–Crippen MR) is 89.0 cm³/mol. The van der Waals surface area contributed by atoms with Crippen LogP contribution >= 0.6 is 11.6 Å². The molecular formula is C17H19ClN2O. The Kier molecular flexibility index (Phi) is 5.23. The number of halogens is 1. The van der Waals surface area contributed by atoms with Crippen molar-refractivity contribution in [1.82, 2.24) is 0 Å². The van der Waals surface area contributed by atoms with Crippen molar-refractivity contribution < 1.29 is 4.79 Å². The molecule has 0 saturated carbocycles. The van der Waals surface area contributed by atoms with Crippen LogP contribution in [0.5, 0.6) is 0 Å². The summed E-state index contributed by atoms with van der Waals surface area (Å²) >= 11 is 5.90. The molecule has 0 heterocycles. The Morgan fingerprint density at radius 3 is 2.48 bits per heavy atom. The summed E-state index contributed by atoms with van der Waals surface area (Å²) in [6.07, 6.45) is 1.01. The van der Waals surface area contributed by atoms with Crippen molar-refractivity contribution in [2.24, 2.45) is 0 Å². The van der Waals surface area contributed by atoms with E-state index in [-0.39, 0.29) is 11.9 Å². The van der Waals surface area contributed by atoms with Crippen LogP contribution < -0.4 is 10.6 Å². The van der Waals surface area contributed by atoms with Gasteiger partial charge in [0.15, 0.2) is 0 Å². The lowest BCUT2D eigenvalue weighted by Crippen LogP contribution is -2.31. The number of hydrogen-bond acceptors (Lipinski definition) is 2. The van der Waals surface area contributed by atoms with Gasteiger partial charge in [0.1, 0.15) is 6.04 Å². The normalized spacial score (nSPS) is 11.8. The van der Waals surface area contributed by atoms with Gasteiger partial charge in [-0.15, -0.1) is 0 Å². The Balaban J connectivity index is 1.95. The average Bonchev–Trinajstić information content (AvgIpc) is 2.48. The maximum atomic E-state index is 12.1. The molecule has 0 aromatic heterocycles. The summed E-state index contributed by atoms with van der Waals surface area (Å²) in [5.41, 5.74) is 2.90. The Labute approximate surface area is 130 Å². The second-order valence-corrected chi connectivity index (χ2v) is 5.35. The standard InChI is InChI=1S/C17H19ClN2O/c1-3-13-7-9-15(10-8-13)19-12(2)17(21)20-16-6-4-5-14(18)11-16/h4-12,19H,3H2,1-2H3,(H,20,21)/t12-/m1/s1. The van der Waals surface area contributed by atoms with E-state index in [1.807, 2.05) is 25.1 Å². The molecule has 110 valence electrons. The van der Waals surface area contributed by atoms with E-state index >= 15 is 0 Å². The zero-order valence-electron chi connectivity index (χ0n) is 12.2. The highest BCUT2D eigenvalue weighted by molar-refractivity contribution is 6.30. The monoisotopic (exact) mass is 302 g/mol. The molecule has 4 heteroatoms. The first-order valence-electron chi connectivity index (χ1n) is 7.00. The molecule has 21 heavy (non-hydrogen) atoms. The van der Waals surface area contributed by atoms with Crippen LogP contribution in [-0.2, 0) is 11.2 Å². The fourth-order valence-electron chi connectivity index (χ4n) is 1.97. The molecule has 3 nitrogen and oxygen atoms in total. The number of anilines is 2. The molecule has 1 atom stereocenters. The van der Waals surface area contributed by atoms with Gasteiger partial charge in [0, 0.05) is 16.4 Å². The van der Waals surface area contributed by atoms with E-state index in [4.69, 9.17) is 11.6 Å². The SMILES string of the molecule is CCc1ccc(N[C@H](C)C(=O)Nc2cccc(Cl)c2)cc1. The number of carbonyl (C=O) groups is 1. The number of nitrogens with one attached hydrogen (secondary N) is 2. The molecule has 0 spiro atoms. The van der Waals surface area contributed by atoms with Gasteiger partial charge in [0.25, 0.3) is 0 Å². The van der Waals surface area contributed by atoms with Crippen LogP contribution in [0.25, 0.3) is 0 Å². The summed E-state index contributed by atoms with van der Waals surface area (Å²) in [5, 5.41) is 6.62. The lowest BCUT2D eigenvalue weighted by Gasteiger charge is -2.15. The number of amides is 1. The fraction of sp³-hybridized carbons (Fsp3) is 0.235. The van der Waals surface area contributed by atoms with Crippen molar-refractivity contribution in [2.45, 2.75) is 26.3 Å². The molecule has 0 aliphatic rings. The maximum Gasteiger partial charge on any atom is 0.246 e. The van der Waals surface area contributed by atoms with Crippen molar-refractivity contribution in [3.8, 4) is 0 Å². The summed E-state index contributed by atoms with van der Waals surface area (Å²) < 4.78 is 0. The van der Waals surface area contributed by atoms with Crippen molar-refractivity contribution in [3.63, 3.8) is 0 Å². The van der Waals surface area contributed by atoms with E-state index in [0.717, 1.165) is 12.1 Å². The second kappa shape index (κ2) is 7.14. The highest BCUT2D eigenvalue weighted by atomic mass is 35.5. The van der Waals surface area contributed by atoms with Crippen LogP contribution in [0.1, 0.15) is 19.4 Å². The quantitative estimate of drug-likeness (QED) is 0.862. The van der Waals surface area contributed by atoms with Gasteiger partial charge in [0.2, 0.25) is 5.91 Å². The third-order valence-electron chi connectivity index (χ3n) is 3.23. The Morgan fingerprint density at radius 2 is 1.86 bits per heavy atom. The van der Waals surface area contributed by atoms with Gasteiger partial charge >= 0.3 is 0 Å². The summed E-state index contributed by atoms with van der Waals surface area (Å²) in [5.74, 6) is -0.100. The van der Waals surface area contributed by atoms with Gasteiger partial charge in [-0.05, 0) is 49.2 Å². The smallest absolute Gasteiger partial charge is 0.246 e. The molecule has 2 N–H and O–H groups in total. The Bertz CT molecular complexity index is 610. The van der Waals surface area contributed by atoms with Gasteiger partial charge in [-0.2, -0.15) is 0 Å². The zero-order chi connectivity index (χ0) is 15.2. The molecule has 1 amide bonds. The lowest BCUT2D eigenvalue weighted by molar-refractivity contribution is -0.116. The molecule has 0 aliphatic heterocycles. The first-order chi connectivity index (χ1) is 10.1. The largest absolute Gasteiger partial charge is 0.374 e. The van der Waals surface area contributed by atoms with E-state index in [9.17, 15) is 4.79 Å². The van der Waals surface area contributed by atoms with E-state index < -0.39 is 0 Å². The average molecular weight is 303 g/mol. The maximum absolute atomic E-state index is 12.1. The summed E-state index contributed by atoms with van der Waals surface area (Å²) in [6.45, 7) is 3.94. The minimum Gasteiger partial charge on any atom is -0.374 e. The number of rotatable bonds is 5. The Hall–Kier alpha value is -2.00. The van der Waals surface area contributed by atoms with Crippen molar-refractivity contribution >= 4 is 28.9 Å². The number of carbonyl (C=O) groups excluding carboxylic acids is 1. The third-order valence-corrected chi connectivity index (χ3v) is 3.47. The molecule has 2 rings (SSSR count). The van der Waals surface area contributed by atoms with Crippen LogP contribution in [0, 0.1) is 0 Å². The first-order valence-corrected chi connectivity index (χ1v) is 7.38. The van der Waals surface area contributed by atoms with Gasteiger partial charge < -0.3 is 10.6 Å². The van der Waals surface area contributed by atoms with E-state index in [0.29, 0.717) is 10.7 Å². The summed E-state index contributed by atoms with van der Waals surface area (Å²) in [4.78, 5) is 12.1. The molecule has 2 aromatic rings. The van der Waals surface area contributed by atoms with Gasteiger partial charge in [-0.25, -0.2) is 0 Å².